The van der Waals surface area contributed by atoms with Crippen LogP contribution in [0.3, 0.4) is 0 Å². The molecule has 3 rings (SSSR count). The largest absolute Gasteiger partial charge is 0.496 e. The summed E-state index contributed by atoms with van der Waals surface area (Å²) in [6, 6.07) is 16.5. The number of aryl methyl sites for hydroxylation is 1. The maximum atomic E-state index is 5.42. The van der Waals surface area contributed by atoms with Crippen LogP contribution in [0.25, 0.3) is 22.4 Å². The predicted octanol–water partition coefficient (Wildman–Crippen LogP) is 4.07. The van der Waals surface area contributed by atoms with E-state index in [0.717, 1.165) is 34.0 Å². The Morgan fingerprint density at radius 3 is 2.24 bits per heavy atom. The number of benzene rings is 2. The fourth-order valence-corrected chi connectivity index (χ4v) is 2.47. The Bertz CT molecular complexity index is 757. The number of hydrogen-bond donors (Lipinski definition) is 0. The van der Waals surface area contributed by atoms with Gasteiger partial charge in [-0.1, -0.05) is 42.5 Å². The van der Waals surface area contributed by atoms with Gasteiger partial charge >= 0.3 is 0 Å². The van der Waals surface area contributed by atoms with Crippen LogP contribution in [-0.2, 0) is 7.05 Å². The topological polar surface area (TPSA) is 27.1 Å². The van der Waals surface area contributed by atoms with Crippen LogP contribution in [0.1, 0.15) is 5.82 Å². The monoisotopic (exact) mass is 278 g/mol. The van der Waals surface area contributed by atoms with Crippen molar-refractivity contribution in [2.24, 2.45) is 7.05 Å². The summed E-state index contributed by atoms with van der Waals surface area (Å²) in [5, 5.41) is 0. The predicted molar refractivity (Wildman–Crippen MR) is 85.4 cm³/mol. The highest BCUT2D eigenvalue weighted by Gasteiger charge is 2.08. The molecule has 3 heteroatoms. The number of aromatic nitrogens is 2. The number of hydrogen-bond acceptors (Lipinski definition) is 2. The van der Waals surface area contributed by atoms with Crippen molar-refractivity contribution in [1.29, 1.82) is 0 Å². The van der Waals surface area contributed by atoms with Gasteiger partial charge in [-0.05, 0) is 24.1 Å². The quantitative estimate of drug-likeness (QED) is 0.722. The van der Waals surface area contributed by atoms with Gasteiger partial charge in [0.05, 0.1) is 19.0 Å². The second-order valence-corrected chi connectivity index (χ2v) is 5.03. The van der Waals surface area contributed by atoms with E-state index in [1.165, 1.54) is 0 Å². The minimum atomic E-state index is 0.890. The van der Waals surface area contributed by atoms with E-state index in [2.05, 4.69) is 39.9 Å². The molecule has 0 amide bonds. The van der Waals surface area contributed by atoms with Gasteiger partial charge in [0.1, 0.15) is 11.6 Å². The SMILES string of the molecule is COc1ccccc1-c1ccc(-c2cnc(C)n2C)cc1. The van der Waals surface area contributed by atoms with Crippen molar-refractivity contribution in [2.45, 2.75) is 6.92 Å². The third-order valence-corrected chi connectivity index (χ3v) is 3.82. The van der Waals surface area contributed by atoms with Gasteiger partial charge < -0.3 is 9.30 Å². The fraction of sp³-hybridized carbons (Fsp3) is 0.167. The summed E-state index contributed by atoms with van der Waals surface area (Å²) >= 11 is 0. The maximum Gasteiger partial charge on any atom is 0.126 e. The van der Waals surface area contributed by atoms with Crippen LogP contribution >= 0.6 is 0 Å². The summed E-state index contributed by atoms with van der Waals surface area (Å²) in [5.41, 5.74) is 4.54. The van der Waals surface area contributed by atoms with Crippen LogP contribution in [0.15, 0.2) is 54.7 Å². The van der Waals surface area contributed by atoms with Crippen molar-refractivity contribution in [3.63, 3.8) is 0 Å². The Labute approximate surface area is 124 Å². The number of nitrogens with zero attached hydrogens (tertiary/aromatic N) is 2. The van der Waals surface area contributed by atoms with E-state index in [9.17, 15) is 0 Å². The Morgan fingerprint density at radius 2 is 1.62 bits per heavy atom. The second-order valence-electron chi connectivity index (χ2n) is 5.03. The molecular weight excluding hydrogens is 260 g/mol. The Hall–Kier alpha value is -2.55. The summed E-state index contributed by atoms with van der Waals surface area (Å²) in [4.78, 5) is 4.34. The van der Waals surface area contributed by atoms with Crippen LogP contribution in [0, 0.1) is 6.92 Å². The van der Waals surface area contributed by atoms with Crippen molar-refractivity contribution in [3.8, 4) is 28.1 Å². The third kappa shape index (κ3) is 2.42. The highest BCUT2D eigenvalue weighted by atomic mass is 16.5. The minimum Gasteiger partial charge on any atom is -0.496 e. The first-order valence-corrected chi connectivity index (χ1v) is 6.93. The van der Waals surface area contributed by atoms with Gasteiger partial charge in [0.15, 0.2) is 0 Å². The zero-order chi connectivity index (χ0) is 14.8. The average Bonchev–Trinajstić information content (AvgIpc) is 2.87. The molecule has 3 aromatic rings. The molecule has 0 aliphatic heterocycles. The zero-order valence-electron chi connectivity index (χ0n) is 12.5. The summed E-state index contributed by atoms with van der Waals surface area (Å²) in [7, 11) is 3.73. The Morgan fingerprint density at radius 1 is 0.952 bits per heavy atom. The molecule has 0 aliphatic carbocycles. The minimum absolute atomic E-state index is 0.890. The van der Waals surface area contributed by atoms with Crippen LogP contribution in [0.4, 0.5) is 0 Å². The van der Waals surface area contributed by atoms with Crippen LogP contribution in [-0.4, -0.2) is 16.7 Å². The van der Waals surface area contributed by atoms with E-state index in [4.69, 9.17) is 4.74 Å². The second kappa shape index (κ2) is 5.44. The first kappa shape index (κ1) is 13.4. The molecule has 0 radical (unpaired) electrons. The molecule has 0 spiro atoms. The van der Waals surface area contributed by atoms with Crippen molar-refractivity contribution in [2.75, 3.05) is 7.11 Å². The molecule has 2 aromatic carbocycles. The molecule has 1 heterocycles. The van der Waals surface area contributed by atoms with Gasteiger partial charge in [0, 0.05) is 12.6 Å². The smallest absolute Gasteiger partial charge is 0.126 e. The number of methoxy groups -OCH3 is 1. The Kier molecular flexibility index (Phi) is 3.48. The molecule has 1 aromatic heterocycles. The molecule has 0 bridgehead atoms. The van der Waals surface area contributed by atoms with E-state index < -0.39 is 0 Å². The number of para-hydroxylation sites is 1. The number of ether oxygens (including phenoxy) is 1. The highest BCUT2D eigenvalue weighted by molar-refractivity contribution is 5.73. The van der Waals surface area contributed by atoms with Crippen molar-refractivity contribution < 1.29 is 4.74 Å². The lowest BCUT2D eigenvalue weighted by Gasteiger charge is -2.09. The van der Waals surface area contributed by atoms with Crippen LogP contribution in [0.5, 0.6) is 5.75 Å². The maximum absolute atomic E-state index is 5.42. The van der Waals surface area contributed by atoms with E-state index in [-0.39, 0.29) is 0 Å². The third-order valence-electron chi connectivity index (χ3n) is 3.82. The lowest BCUT2D eigenvalue weighted by atomic mass is 10.0. The highest BCUT2D eigenvalue weighted by Crippen LogP contribution is 2.31. The van der Waals surface area contributed by atoms with Gasteiger partial charge in [-0.2, -0.15) is 0 Å². The summed E-state index contributed by atoms with van der Waals surface area (Å²) in [5.74, 6) is 1.90. The molecule has 106 valence electrons. The van der Waals surface area contributed by atoms with E-state index >= 15 is 0 Å². The molecule has 0 atom stereocenters. The van der Waals surface area contributed by atoms with Crippen molar-refractivity contribution in [3.05, 3.63) is 60.6 Å². The van der Waals surface area contributed by atoms with Gasteiger partial charge in [-0.25, -0.2) is 4.98 Å². The average molecular weight is 278 g/mol. The normalized spacial score (nSPS) is 10.6. The van der Waals surface area contributed by atoms with Gasteiger partial charge in [0.25, 0.3) is 0 Å². The molecule has 0 N–H and O–H groups in total. The van der Waals surface area contributed by atoms with E-state index in [1.807, 2.05) is 38.4 Å². The fourth-order valence-electron chi connectivity index (χ4n) is 2.47. The lowest BCUT2D eigenvalue weighted by Crippen LogP contribution is -1.94. The number of rotatable bonds is 3. The summed E-state index contributed by atoms with van der Waals surface area (Å²) in [6.07, 6.45) is 1.91. The molecule has 0 saturated heterocycles. The molecule has 3 nitrogen and oxygen atoms in total. The zero-order valence-corrected chi connectivity index (χ0v) is 12.5. The van der Waals surface area contributed by atoms with Crippen molar-refractivity contribution >= 4 is 0 Å². The molecule has 0 saturated carbocycles. The summed E-state index contributed by atoms with van der Waals surface area (Å²) < 4.78 is 7.52. The first-order valence-electron chi connectivity index (χ1n) is 6.93. The van der Waals surface area contributed by atoms with Crippen LogP contribution in [0.2, 0.25) is 0 Å². The van der Waals surface area contributed by atoms with Gasteiger partial charge in [0.2, 0.25) is 0 Å². The van der Waals surface area contributed by atoms with E-state index in [0.29, 0.717) is 0 Å². The summed E-state index contributed by atoms with van der Waals surface area (Å²) in [6.45, 7) is 2.01. The lowest BCUT2D eigenvalue weighted by molar-refractivity contribution is 0.416. The number of imidazole rings is 1. The molecule has 0 unspecified atom stereocenters. The van der Waals surface area contributed by atoms with Crippen LogP contribution < -0.4 is 4.74 Å². The van der Waals surface area contributed by atoms with Gasteiger partial charge in [-0.3, -0.25) is 0 Å². The standard InChI is InChI=1S/C18H18N2O/c1-13-19-12-17(20(13)2)15-10-8-14(9-11-15)16-6-4-5-7-18(16)21-3/h4-12H,1-3H3. The molecule has 0 aliphatic rings. The molecular formula is C18H18N2O. The van der Waals surface area contributed by atoms with Crippen molar-refractivity contribution in [1.82, 2.24) is 9.55 Å². The van der Waals surface area contributed by atoms with E-state index in [1.54, 1.807) is 7.11 Å². The first-order chi connectivity index (χ1) is 10.2. The van der Waals surface area contributed by atoms with Gasteiger partial charge in [-0.15, -0.1) is 0 Å². The molecule has 21 heavy (non-hydrogen) atoms. The molecule has 0 fully saturated rings. The Balaban J connectivity index is 2.00.